The van der Waals surface area contributed by atoms with Gasteiger partial charge in [0.25, 0.3) is 0 Å². The van der Waals surface area contributed by atoms with Crippen LogP contribution in [0.5, 0.6) is 0 Å². The molecule has 0 fully saturated rings. The second-order valence-electron chi connectivity index (χ2n) is 4.65. The predicted octanol–water partition coefficient (Wildman–Crippen LogP) is 3.55. The van der Waals surface area contributed by atoms with E-state index in [1.54, 1.807) is 0 Å². The molecule has 0 spiro atoms. The van der Waals surface area contributed by atoms with Crippen LogP contribution in [0, 0.1) is 13.8 Å². The van der Waals surface area contributed by atoms with E-state index >= 15 is 0 Å². The molecular formula is C16H19N. The van der Waals surface area contributed by atoms with Crippen molar-refractivity contribution in [3.05, 3.63) is 70.8 Å². The maximum absolute atomic E-state index is 6.25. The Hall–Kier alpha value is -1.60. The highest BCUT2D eigenvalue weighted by molar-refractivity contribution is 5.32. The fraction of sp³-hybridized carbons (Fsp3) is 0.250. The molecule has 0 amide bonds. The van der Waals surface area contributed by atoms with Crippen molar-refractivity contribution in [1.29, 1.82) is 0 Å². The Labute approximate surface area is 103 Å². The lowest BCUT2D eigenvalue weighted by Gasteiger charge is -2.14. The van der Waals surface area contributed by atoms with Gasteiger partial charge in [0.15, 0.2) is 0 Å². The smallest absolute Gasteiger partial charge is 0.0335 e. The molecule has 0 aliphatic rings. The Morgan fingerprint density at radius 2 is 1.71 bits per heavy atom. The van der Waals surface area contributed by atoms with Gasteiger partial charge in [-0.25, -0.2) is 0 Å². The number of nitrogens with two attached hydrogens (primary N) is 1. The summed E-state index contributed by atoms with van der Waals surface area (Å²) in [7, 11) is 0. The summed E-state index contributed by atoms with van der Waals surface area (Å²) < 4.78 is 0. The highest BCUT2D eigenvalue weighted by Gasteiger charge is 2.08. The summed E-state index contributed by atoms with van der Waals surface area (Å²) in [5.41, 5.74) is 11.4. The first-order valence-corrected chi connectivity index (χ1v) is 6.03. The molecule has 2 aromatic carbocycles. The number of hydrogen-bond acceptors (Lipinski definition) is 1. The molecule has 1 heteroatoms. The van der Waals surface area contributed by atoms with Crippen molar-refractivity contribution in [3.63, 3.8) is 0 Å². The SMILES string of the molecule is Cc1ccc(C)c(CC(N)c2ccccc2)c1. The predicted molar refractivity (Wildman–Crippen MR) is 73.0 cm³/mol. The number of rotatable bonds is 3. The van der Waals surface area contributed by atoms with E-state index < -0.39 is 0 Å². The number of hydrogen-bond donors (Lipinski definition) is 1. The summed E-state index contributed by atoms with van der Waals surface area (Å²) in [4.78, 5) is 0. The van der Waals surface area contributed by atoms with E-state index in [1.165, 1.54) is 22.3 Å². The molecule has 1 unspecified atom stereocenters. The minimum Gasteiger partial charge on any atom is -0.324 e. The molecule has 0 aliphatic carbocycles. The Kier molecular flexibility index (Phi) is 3.60. The normalized spacial score (nSPS) is 12.4. The summed E-state index contributed by atoms with van der Waals surface area (Å²) in [5, 5.41) is 0. The molecule has 2 aromatic rings. The third-order valence-corrected chi connectivity index (χ3v) is 3.17. The average molecular weight is 225 g/mol. The molecule has 2 rings (SSSR count). The summed E-state index contributed by atoms with van der Waals surface area (Å²) in [5.74, 6) is 0. The molecule has 0 heterocycles. The molecule has 0 saturated heterocycles. The quantitative estimate of drug-likeness (QED) is 0.849. The van der Waals surface area contributed by atoms with Gasteiger partial charge in [-0.2, -0.15) is 0 Å². The number of aryl methyl sites for hydroxylation is 2. The van der Waals surface area contributed by atoms with Crippen molar-refractivity contribution in [2.45, 2.75) is 26.3 Å². The highest BCUT2D eigenvalue weighted by Crippen LogP contribution is 2.19. The molecule has 2 N–H and O–H groups in total. The van der Waals surface area contributed by atoms with Crippen LogP contribution in [0.25, 0.3) is 0 Å². The van der Waals surface area contributed by atoms with Gasteiger partial charge in [-0.3, -0.25) is 0 Å². The fourth-order valence-electron chi connectivity index (χ4n) is 2.08. The molecule has 0 aliphatic heterocycles. The van der Waals surface area contributed by atoms with Crippen molar-refractivity contribution < 1.29 is 0 Å². The molecule has 0 aromatic heterocycles. The fourth-order valence-corrected chi connectivity index (χ4v) is 2.08. The molecule has 88 valence electrons. The minimum absolute atomic E-state index is 0.0803. The number of benzene rings is 2. The second-order valence-corrected chi connectivity index (χ2v) is 4.65. The zero-order valence-electron chi connectivity index (χ0n) is 10.5. The Morgan fingerprint density at radius 1 is 1.00 bits per heavy atom. The average Bonchev–Trinajstić information content (AvgIpc) is 2.35. The third kappa shape index (κ3) is 2.95. The van der Waals surface area contributed by atoms with Crippen molar-refractivity contribution >= 4 is 0 Å². The van der Waals surface area contributed by atoms with Gasteiger partial charge in [0, 0.05) is 6.04 Å². The third-order valence-electron chi connectivity index (χ3n) is 3.17. The molecule has 0 bridgehead atoms. The van der Waals surface area contributed by atoms with E-state index in [-0.39, 0.29) is 6.04 Å². The van der Waals surface area contributed by atoms with E-state index in [1.807, 2.05) is 18.2 Å². The lowest BCUT2D eigenvalue weighted by molar-refractivity contribution is 0.718. The minimum atomic E-state index is 0.0803. The summed E-state index contributed by atoms with van der Waals surface area (Å²) in [6.45, 7) is 4.27. The maximum Gasteiger partial charge on any atom is 0.0335 e. The Balaban J connectivity index is 2.18. The van der Waals surface area contributed by atoms with Gasteiger partial charge in [-0.1, -0.05) is 54.1 Å². The van der Waals surface area contributed by atoms with Crippen LogP contribution in [0.4, 0.5) is 0 Å². The molecule has 1 nitrogen and oxygen atoms in total. The van der Waals surface area contributed by atoms with Crippen molar-refractivity contribution in [2.75, 3.05) is 0 Å². The van der Waals surface area contributed by atoms with Crippen molar-refractivity contribution in [3.8, 4) is 0 Å². The molecule has 0 radical (unpaired) electrons. The van der Waals surface area contributed by atoms with Crippen LogP contribution < -0.4 is 5.73 Å². The molecule has 1 atom stereocenters. The van der Waals surface area contributed by atoms with Gasteiger partial charge >= 0.3 is 0 Å². The molecule has 0 saturated carbocycles. The van der Waals surface area contributed by atoms with Gasteiger partial charge in [0.1, 0.15) is 0 Å². The van der Waals surface area contributed by atoms with Gasteiger partial charge in [-0.05, 0) is 37.0 Å². The first-order chi connectivity index (χ1) is 8.16. The molecule has 17 heavy (non-hydrogen) atoms. The van der Waals surface area contributed by atoms with E-state index in [0.717, 1.165) is 6.42 Å². The molecular weight excluding hydrogens is 206 g/mol. The zero-order valence-corrected chi connectivity index (χ0v) is 10.5. The topological polar surface area (TPSA) is 26.0 Å². The maximum atomic E-state index is 6.25. The van der Waals surface area contributed by atoms with Gasteiger partial charge in [-0.15, -0.1) is 0 Å². The van der Waals surface area contributed by atoms with Crippen molar-refractivity contribution in [1.82, 2.24) is 0 Å². The van der Waals surface area contributed by atoms with Gasteiger partial charge in [0.05, 0.1) is 0 Å². The monoisotopic (exact) mass is 225 g/mol. The van der Waals surface area contributed by atoms with Crippen LogP contribution >= 0.6 is 0 Å². The van der Waals surface area contributed by atoms with E-state index in [4.69, 9.17) is 5.73 Å². The van der Waals surface area contributed by atoms with Crippen molar-refractivity contribution in [2.24, 2.45) is 5.73 Å². The highest BCUT2D eigenvalue weighted by atomic mass is 14.6. The summed E-state index contributed by atoms with van der Waals surface area (Å²) in [6, 6.07) is 16.9. The summed E-state index contributed by atoms with van der Waals surface area (Å²) in [6.07, 6.45) is 0.900. The van der Waals surface area contributed by atoms with Crippen LogP contribution in [-0.2, 0) is 6.42 Å². The van der Waals surface area contributed by atoms with E-state index in [9.17, 15) is 0 Å². The summed E-state index contributed by atoms with van der Waals surface area (Å²) >= 11 is 0. The zero-order chi connectivity index (χ0) is 12.3. The lowest BCUT2D eigenvalue weighted by Crippen LogP contribution is -2.13. The first kappa shape index (κ1) is 11.9. The van der Waals surface area contributed by atoms with Gasteiger partial charge < -0.3 is 5.73 Å². The van der Waals surface area contributed by atoms with Crippen LogP contribution in [-0.4, -0.2) is 0 Å². The second kappa shape index (κ2) is 5.15. The van der Waals surface area contributed by atoms with E-state index in [0.29, 0.717) is 0 Å². The Bertz CT molecular complexity index is 488. The standard InChI is InChI=1S/C16H19N/c1-12-8-9-13(2)15(10-12)11-16(17)14-6-4-3-5-7-14/h3-10,16H,11,17H2,1-2H3. The van der Waals surface area contributed by atoms with Crippen LogP contribution in [0.1, 0.15) is 28.3 Å². The van der Waals surface area contributed by atoms with Crippen LogP contribution in [0.2, 0.25) is 0 Å². The van der Waals surface area contributed by atoms with Gasteiger partial charge in [0.2, 0.25) is 0 Å². The van der Waals surface area contributed by atoms with E-state index in [2.05, 4.69) is 44.2 Å². The largest absolute Gasteiger partial charge is 0.324 e. The van der Waals surface area contributed by atoms with Crippen LogP contribution in [0.15, 0.2) is 48.5 Å². The van der Waals surface area contributed by atoms with Crippen LogP contribution in [0.3, 0.4) is 0 Å². The lowest BCUT2D eigenvalue weighted by atomic mass is 9.95. The Morgan fingerprint density at radius 3 is 2.41 bits per heavy atom. The first-order valence-electron chi connectivity index (χ1n) is 6.03.